The largest absolute Gasteiger partial charge is 0.332 e. The predicted molar refractivity (Wildman–Crippen MR) is 94.7 cm³/mol. The minimum absolute atomic E-state index is 0.188. The van der Waals surface area contributed by atoms with Crippen LogP contribution in [0.15, 0.2) is 9.59 Å². The van der Waals surface area contributed by atoms with E-state index in [0.29, 0.717) is 29.9 Å². The van der Waals surface area contributed by atoms with Gasteiger partial charge in [-0.15, -0.1) is 11.3 Å². The molecule has 2 unspecified atom stereocenters. The maximum absolute atomic E-state index is 13.0. The fourth-order valence-corrected chi connectivity index (χ4v) is 4.40. The van der Waals surface area contributed by atoms with Gasteiger partial charge in [-0.2, -0.15) is 0 Å². The zero-order valence-electron chi connectivity index (χ0n) is 14.2. The molecule has 2 aromatic heterocycles. The van der Waals surface area contributed by atoms with Gasteiger partial charge in [0.2, 0.25) is 0 Å². The number of aryl methyl sites for hydroxylation is 1. The van der Waals surface area contributed by atoms with Gasteiger partial charge in [0.15, 0.2) is 0 Å². The second-order valence-corrected chi connectivity index (χ2v) is 7.62. The van der Waals surface area contributed by atoms with E-state index in [1.807, 2.05) is 6.92 Å². The van der Waals surface area contributed by atoms with Crippen molar-refractivity contribution in [2.75, 3.05) is 13.1 Å². The fourth-order valence-electron chi connectivity index (χ4n) is 3.14. The number of fused-ring (bicyclic) bond motifs is 1. The van der Waals surface area contributed by atoms with Gasteiger partial charge < -0.3 is 11.1 Å². The topological polar surface area (TPSA) is 82.1 Å². The number of nitrogens with one attached hydrogen (secondary N) is 1. The molecule has 2 heterocycles. The zero-order valence-corrected chi connectivity index (χ0v) is 15.0. The first-order valence-corrected chi connectivity index (χ1v) is 9.14. The lowest BCUT2D eigenvalue weighted by Gasteiger charge is -2.11. The van der Waals surface area contributed by atoms with Crippen molar-refractivity contribution in [3.8, 4) is 0 Å². The maximum atomic E-state index is 13.0. The van der Waals surface area contributed by atoms with E-state index < -0.39 is 18.7 Å². The van der Waals surface area contributed by atoms with E-state index in [4.69, 9.17) is 5.73 Å². The van der Waals surface area contributed by atoms with E-state index in [2.05, 4.69) is 5.32 Å². The third-order valence-corrected chi connectivity index (χ3v) is 5.98. The first-order chi connectivity index (χ1) is 11.9. The number of hydrogen-bond acceptors (Lipinski definition) is 5. The smallest absolute Gasteiger partial charge is 0.329 e. The molecule has 6 nitrogen and oxygen atoms in total. The minimum Gasteiger partial charge on any atom is -0.329 e. The summed E-state index contributed by atoms with van der Waals surface area (Å²) in [6.07, 6.45) is -1.94. The van der Waals surface area contributed by atoms with Crippen LogP contribution in [0.25, 0.3) is 10.2 Å². The van der Waals surface area contributed by atoms with Crippen LogP contribution in [0.5, 0.6) is 0 Å². The highest BCUT2D eigenvalue weighted by molar-refractivity contribution is 7.18. The molecule has 1 aliphatic rings. The molecule has 25 heavy (non-hydrogen) atoms. The second kappa shape index (κ2) is 6.97. The highest BCUT2D eigenvalue weighted by atomic mass is 32.1. The Morgan fingerprint density at radius 1 is 1.40 bits per heavy atom. The molecular formula is C16H22F2N4O2S. The van der Waals surface area contributed by atoms with Gasteiger partial charge in [-0.05, 0) is 24.8 Å². The molecule has 2 aromatic rings. The lowest BCUT2D eigenvalue weighted by Crippen LogP contribution is -2.40. The SMILES string of the molecule is Cc1c(CNCCN)sc2c1c(=O)n(C1CC1C)c(=O)n2CC(F)F. The van der Waals surface area contributed by atoms with Gasteiger partial charge in [0, 0.05) is 30.6 Å². The first-order valence-electron chi connectivity index (χ1n) is 8.33. The van der Waals surface area contributed by atoms with Gasteiger partial charge in [0.25, 0.3) is 12.0 Å². The van der Waals surface area contributed by atoms with Crippen LogP contribution in [-0.4, -0.2) is 28.6 Å². The summed E-state index contributed by atoms with van der Waals surface area (Å²) >= 11 is 1.23. The molecule has 1 fully saturated rings. The Kier molecular flexibility index (Phi) is 5.08. The number of halogens is 2. The van der Waals surface area contributed by atoms with Crippen LogP contribution >= 0.6 is 11.3 Å². The van der Waals surface area contributed by atoms with Crippen molar-refractivity contribution in [1.29, 1.82) is 0 Å². The molecule has 9 heteroatoms. The Labute approximate surface area is 147 Å². The molecule has 0 bridgehead atoms. The summed E-state index contributed by atoms with van der Waals surface area (Å²) in [5.74, 6) is 0.215. The number of rotatable bonds is 7. The van der Waals surface area contributed by atoms with Gasteiger partial charge in [0.05, 0.1) is 11.9 Å². The summed E-state index contributed by atoms with van der Waals surface area (Å²) in [5.41, 5.74) is 5.22. The Balaban J connectivity index is 2.21. The summed E-state index contributed by atoms with van der Waals surface area (Å²) in [6.45, 7) is 4.63. The van der Waals surface area contributed by atoms with E-state index in [0.717, 1.165) is 21.4 Å². The Morgan fingerprint density at radius 2 is 2.08 bits per heavy atom. The van der Waals surface area contributed by atoms with E-state index >= 15 is 0 Å². The average molecular weight is 372 g/mol. The molecule has 2 atom stereocenters. The molecular weight excluding hydrogens is 350 g/mol. The molecule has 3 N–H and O–H groups in total. The number of nitrogens with zero attached hydrogens (tertiary/aromatic N) is 2. The van der Waals surface area contributed by atoms with Crippen LogP contribution in [0.4, 0.5) is 8.78 Å². The summed E-state index contributed by atoms with van der Waals surface area (Å²) in [6, 6.07) is -0.188. The molecule has 0 spiro atoms. The van der Waals surface area contributed by atoms with E-state index in [-0.39, 0.29) is 17.5 Å². The molecule has 138 valence electrons. The standard InChI is InChI=1S/C16H22F2N4O2S/c1-8-5-10(8)22-14(23)13-9(2)11(6-20-4-3-19)25-15(13)21(16(22)24)7-12(17)18/h8,10,12,20H,3-7,19H2,1-2H3. The average Bonchev–Trinajstić information content (AvgIpc) is 3.15. The minimum atomic E-state index is -2.66. The van der Waals surface area contributed by atoms with Crippen molar-refractivity contribution in [3.05, 3.63) is 31.3 Å². The second-order valence-electron chi connectivity index (χ2n) is 6.54. The third-order valence-electron chi connectivity index (χ3n) is 4.67. The molecule has 3 rings (SSSR count). The van der Waals surface area contributed by atoms with Crippen LogP contribution in [0, 0.1) is 12.8 Å². The predicted octanol–water partition coefficient (Wildman–Crippen LogP) is 1.43. The third kappa shape index (κ3) is 3.28. The normalized spacial score (nSPS) is 19.9. The quantitative estimate of drug-likeness (QED) is 0.721. The summed E-state index contributed by atoms with van der Waals surface area (Å²) < 4.78 is 28.3. The van der Waals surface area contributed by atoms with Crippen molar-refractivity contribution >= 4 is 21.6 Å². The molecule has 1 aliphatic carbocycles. The number of hydrogen-bond donors (Lipinski definition) is 2. The van der Waals surface area contributed by atoms with Gasteiger partial charge in [-0.3, -0.25) is 13.9 Å². The summed E-state index contributed by atoms with van der Waals surface area (Å²) in [5, 5.41) is 3.53. The maximum Gasteiger partial charge on any atom is 0.332 e. The van der Waals surface area contributed by atoms with Gasteiger partial charge in [-0.1, -0.05) is 6.92 Å². The monoisotopic (exact) mass is 372 g/mol. The van der Waals surface area contributed by atoms with Gasteiger partial charge in [-0.25, -0.2) is 13.6 Å². The molecule has 0 amide bonds. The summed E-state index contributed by atoms with van der Waals surface area (Å²) in [7, 11) is 0. The van der Waals surface area contributed by atoms with E-state index in [9.17, 15) is 18.4 Å². The van der Waals surface area contributed by atoms with Crippen LogP contribution in [0.3, 0.4) is 0 Å². The van der Waals surface area contributed by atoms with Crippen molar-refractivity contribution in [2.24, 2.45) is 11.7 Å². The van der Waals surface area contributed by atoms with Crippen molar-refractivity contribution < 1.29 is 8.78 Å². The van der Waals surface area contributed by atoms with Gasteiger partial charge >= 0.3 is 5.69 Å². The number of alkyl halides is 2. The Bertz CT molecular complexity index is 902. The fraction of sp³-hybridized carbons (Fsp3) is 0.625. The first kappa shape index (κ1) is 18.2. The molecule has 0 radical (unpaired) electrons. The molecule has 0 aliphatic heterocycles. The van der Waals surface area contributed by atoms with Crippen molar-refractivity contribution in [2.45, 2.75) is 45.8 Å². The van der Waals surface area contributed by atoms with Gasteiger partial charge in [0.1, 0.15) is 4.83 Å². The highest BCUT2D eigenvalue weighted by Gasteiger charge is 2.38. The highest BCUT2D eigenvalue weighted by Crippen LogP contribution is 2.41. The lowest BCUT2D eigenvalue weighted by molar-refractivity contribution is 0.126. The summed E-state index contributed by atoms with van der Waals surface area (Å²) in [4.78, 5) is 26.8. The molecule has 0 saturated heterocycles. The van der Waals surface area contributed by atoms with Crippen LogP contribution in [0.2, 0.25) is 0 Å². The number of nitrogens with two attached hydrogens (primary N) is 1. The Hall–Kier alpha value is -1.58. The lowest BCUT2D eigenvalue weighted by atomic mass is 10.2. The number of thiophene rings is 1. The zero-order chi connectivity index (χ0) is 18.3. The molecule has 1 saturated carbocycles. The Morgan fingerprint density at radius 3 is 2.64 bits per heavy atom. The van der Waals surface area contributed by atoms with Crippen LogP contribution < -0.4 is 22.3 Å². The van der Waals surface area contributed by atoms with E-state index in [1.54, 1.807) is 6.92 Å². The molecule has 0 aromatic carbocycles. The van der Waals surface area contributed by atoms with Crippen molar-refractivity contribution in [1.82, 2.24) is 14.5 Å². The van der Waals surface area contributed by atoms with Crippen molar-refractivity contribution in [3.63, 3.8) is 0 Å². The number of aromatic nitrogens is 2. The van der Waals surface area contributed by atoms with Crippen LogP contribution in [0.1, 0.15) is 29.8 Å². The van der Waals surface area contributed by atoms with E-state index in [1.165, 1.54) is 15.9 Å². The van der Waals surface area contributed by atoms with Crippen LogP contribution in [-0.2, 0) is 13.1 Å².